The Balaban J connectivity index is 1.70. The summed E-state index contributed by atoms with van der Waals surface area (Å²) >= 11 is 0. The molecule has 5 nitrogen and oxygen atoms in total. The quantitative estimate of drug-likeness (QED) is 0.847. The Bertz CT molecular complexity index is 725. The van der Waals surface area contributed by atoms with Gasteiger partial charge in [0.05, 0.1) is 11.6 Å². The summed E-state index contributed by atoms with van der Waals surface area (Å²) in [7, 11) is 1.66. The highest BCUT2D eigenvalue weighted by Crippen LogP contribution is 2.27. The predicted molar refractivity (Wildman–Crippen MR) is 91.2 cm³/mol. The number of methoxy groups -OCH3 is 1. The summed E-state index contributed by atoms with van der Waals surface area (Å²) in [4.78, 5) is 11.3. The van der Waals surface area contributed by atoms with Crippen LogP contribution in [0, 0.1) is 11.3 Å². The van der Waals surface area contributed by atoms with Crippen molar-refractivity contribution in [1.82, 2.24) is 14.9 Å². The topological polar surface area (TPSA) is 62.0 Å². The number of nitriles is 1. The molecule has 2 heterocycles. The van der Waals surface area contributed by atoms with Crippen LogP contribution in [-0.4, -0.2) is 35.1 Å². The number of piperidine rings is 1. The number of rotatable bonds is 5. The smallest absolute Gasteiger partial charge is 0.154 e. The van der Waals surface area contributed by atoms with Gasteiger partial charge in [0.1, 0.15) is 6.61 Å². The first kappa shape index (κ1) is 16.6. The number of hydrogen-bond acceptors (Lipinski definition) is 5. The zero-order valence-electron chi connectivity index (χ0n) is 14.0. The minimum atomic E-state index is 0.409. The van der Waals surface area contributed by atoms with Crippen molar-refractivity contribution in [3.8, 4) is 6.07 Å². The van der Waals surface area contributed by atoms with E-state index in [1.54, 1.807) is 7.11 Å². The van der Waals surface area contributed by atoms with Crippen molar-refractivity contribution in [2.75, 3.05) is 20.2 Å². The lowest BCUT2D eigenvalue weighted by molar-refractivity contribution is 0.176. The van der Waals surface area contributed by atoms with E-state index in [1.165, 1.54) is 0 Å². The summed E-state index contributed by atoms with van der Waals surface area (Å²) < 4.78 is 5.13. The number of nitrogens with zero attached hydrogens (tertiary/aromatic N) is 4. The third kappa shape index (κ3) is 3.97. The lowest BCUT2D eigenvalue weighted by Gasteiger charge is -2.32. The van der Waals surface area contributed by atoms with Gasteiger partial charge in [-0.2, -0.15) is 5.26 Å². The average Bonchev–Trinajstić information content (AvgIpc) is 2.63. The standard InChI is InChI=1S/C19H22N4O/c1-24-14-19-21-9-8-18(22-19)17-7-4-10-23(13-17)12-16-6-3-2-5-15(16)11-20/h2-3,5-6,8-9,17H,4,7,10,12-14H2,1H3. The Kier molecular flexibility index (Phi) is 5.52. The molecule has 1 aromatic carbocycles. The molecule has 0 amide bonds. The predicted octanol–water partition coefficient (Wildman–Crippen LogP) is 2.87. The molecule has 0 radical (unpaired) electrons. The van der Waals surface area contributed by atoms with E-state index in [1.807, 2.05) is 36.5 Å². The second-order valence-corrected chi connectivity index (χ2v) is 6.17. The van der Waals surface area contributed by atoms with Crippen LogP contribution in [0.4, 0.5) is 0 Å². The number of aromatic nitrogens is 2. The number of likely N-dealkylation sites (tertiary alicyclic amines) is 1. The van der Waals surface area contributed by atoms with E-state index in [-0.39, 0.29) is 0 Å². The molecular formula is C19H22N4O. The van der Waals surface area contributed by atoms with Crippen LogP contribution in [0.3, 0.4) is 0 Å². The minimum Gasteiger partial charge on any atom is -0.377 e. The van der Waals surface area contributed by atoms with Crippen LogP contribution >= 0.6 is 0 Å². The summed E-state index contributed by atoms with van der Waals surface area (Å²) in [5.41, 5.74) is 2.96. The molecule has 124 valence electrons. The number of benzene rings is 1. The molecule has 1 saturated heterocycles. The lowest BCUT2D eigenvalue weighted by atomic mass is 9.94. The zero-order valence-corrected chi connectivity index (χ0v) is 14.0. The highest BCUT2D eigenvalue weighted by molar-refractivity contribution is 5.37. The molecule has 2 aromatic rings. The average molecular weight is 322 g/mol. The number of hydrogen-bond donors (Lipinski definition) is 0. The minimum absolute atomic E-state index is 0.409. The molecule has 24 heavy (non-hydrogen) atoms. The van der Waals surface area contributed by atoms with Crippen LogP contribution in [0.1, 0.15) is 41.4 Å². The van der Waals surface area contributed by atoms with Crippen LogP contribution in [0.2, 0.25) is 0 Å². The molecule has 5 heteroatoms. The number of ether oxygens (including phenoxy) is 1. The molecule has 0 aliphatic carbocycles. The van der Waals surface area contributed by atoms with Gasteiger partial charge >= 0.3 is 0 Å². The van der Waals surface area contributed by atoms with E-state index >= 15 is 0 Å². The van der Waals surface area contributed by atoms with Gasteiger partial charge in [-0.15, -0.1) is 0 Å². The lowest BCUT2D eigenvalue weighted by Crippen LogP contribution is -2.34. The molecule has 1 aliphatic heterocycles. The van der Waals surface area contributed by atoms with Gasteiger partial charge < -0.3 is 4.74 Å². The second-order valence-electron chi connectivity index (χ2n) is 6.17. The summed E-state index contributed by atoms with van der Waals surface area (Å²) in [5.74, 6) is 1.15. The van der Waals surface area contributed by atoms with Crippen molar-refractivity contribution in [2.45, 2.75) is 31.9 Å². The van der Waals surface area contributed by atoms with Gasteiger partial charge in [0.2, 0.25) is 0 Å². The SMILES string of the molecule is COCc1nccc(C2CCCN(Cc3ccccc3C#N)C2)n1. The maximum absolute atomic E-state index is 9.26. The third-order valence-electron chi connectivity index (χ3n) is 4.46. The Hall–Kier alpha value is -2.29. The van der Waals surface area contributed by atoms with Gasteiger partial charge in [0.25, 0.3) is 0 Å². The van der Waals surface area contributed by atoms with Gasteiger partial charge in [-0.3, -0.25) is 4.90 Å². The first-order chi connectivity index (χ1) is 11.8. The zero-order chi connectivity index (χ0) is 16.8. The van der Waals surface area contributed by atoms with Gasteiger partial charge in [0.15, 0.2) is 5.82 Å². The fraction of sp³-hybridized carbons (Fsp3) is 0.421. The van der Waals surface area contributed by atoms with Gasteiger partial charge in [-0.1, -0.05) is 18.2 Å². The summed E-state index contributed by atoms with van der Waals surface area (Å²) in [6.45, 7) is 3.28. The van der Waals surface area contributed by atoms with Crippen molar-refractivity contribution in [3.63, 3.8) is 0 Å². The molecular weight excluding hydrogens is 300 g/mol. The Morgan fingerprint density at radius 3 is 3.04 bits per heavy atom. The summed E-state index contributed by atoms with van der Waals surface area (Å²) in [6, 6.07) is 12.1. The van der Waals surface area contributed by atoms with Gasteiger partial charge in [-0.05, 0) is 37.1 Å². The van der Waals surface area contributed by atoms with Crippen LogP contribution < -0.4 is 0 Å². The van der Waals surface area contributed by atoms with Crippen LogP contribution in [0.15, 0.2) is 36.5 Å². The van der Waals surface area contributed by atoms with E-state index in [9.17, 15) is 5.26 Å². The van der Waals surface area contributed by atoms with E-state index in [2.05, 4.69) is 20.9 Å². The monoisotopic (exact) mass is 322 g/mol. The van der Waals surface area contributed by atoms with Crippen molar-refractivity contribution >= 4 is 0 Å². The van der Waals surface area contributed by atoms with E-state index in [4.69, 9.17) is 4.74 Å². The van der Waals surface area contributed by atoms with Crippen molar-refractivity contribution < 1.29 is 4.74 Å². The van der Waals surface area contributed by atoms with Crippen LogP contribution in [0.25, 0.3) is 0 Å². The largest absolute Gasteiger partial charge is 0.377 e. The van der Waals surface area contributed by atoms with Crippen molar-refractivity contribution in [2.24, 2.45) is 0 Å². The van der Waals surface area contributed by atoms with E-state index in [0.717, 1.165) is 55.1 Å². The maximum atomic E-state index is 9.26. The van der Waals surface area contributed by atoms with E-state index < -0.39 is 0 Å². The van der Waals surface area contributed by atoms with Gasteiger partial charge in [0, 0.05) is 38.0 Å². The molecule has 1 fully saturated rings. The molecule has 0 N–H and O–H groups in total. The summed E-state index contributed by atoms with van der Waals surface area (Å²) in [5, 5.41) is 9.26. The van der Waals surface area contributed by atoms with Gasteiger partial charge in [-0.25, -0.2) is 9.97 Å². The Labute approximate surface area is 142 Å². The Morgan fingerprint density at radius 2 is 2.21 bits per heavy atom. The molecule has 0 spiro atoms. The Morgan fingerprint density at radius 1 is 1.33 bits per heavy atom. The molecule has 1 aliphatic rings. The molecule has 0 bridgehead atoms. The first-order valence-electron chi connectivity index (χ1n) is 8.31. The maximum Gasteiger partial charge on any atom is 0.154 e. The summed E-state index contributed by atoms with van der Waals surface area (Å²) in [6.07, 6.45) is 4.10. The first-order valence-corrected chi connectivity index (χ1v) is 8.31. The molecule has 1 aromatic heterocycles. The van der Waals surface area contributed by atoms with Crippen molar-refractivity contribution in [3.05, 3.63) is 59.2 Å². The fourth-order valence-corrected chi connectivity index (χ4v) is 3.29. The molecule has 3 rings (SSSR count). The normalized spacial score (nSPS) is 18.2. The van der Waals surface area contributed by atoms with E-state index in [0.29, 0.717) is 12.5 Å². The van der Waals surface area contributed by atoms with Crippen LogP contribution in [0.5, 0.6) is 0 Å². The molecule has 1 atom stereocenters. The fourth-order valence-electron chi connectivity index (χ4n) is 3.29. The second kappa shape index (κ2) is 8.00. The third-order valence-corrected chi connectivity index (χ3v) is 4.46. The molecule has 1 unspecified atom stereocenters. The highest BCUT2D eigenvalue weighted by Gasteiger charge is 2.23. The van der Waals surface area contributed by atoms with Crippen molar-refractivity contribution in [1.29, 1.82) is 5.26 Å². The molecule has 0 saturated carbocycles. The highest BCUT2D eigenvalue weighted by atomic mass is 16.5. The van der Waals surface area contributed by atoms with Crippen LogP contribution in [-0.2, 0) is 17.9 Å².